The van der Waals surface area contributed by atoms with E-state index < -0.39 is 0 Å². The Morgan fingerprint density at radius 2 is 1.67 bits per heavy atom. The van der Waals surface area contributed by atoms with Gasteiger partial charge in [-0.05, 0) is 12.3 Å². The fourth-order valence-electron chi connectivity index (χ4n) is 1.79. The van der Waals surface area contributed by atoms with Crippen LogP contribution < -0.4 is 0 Å². The molecule has 0 amide bonds. The summed E-state index contributed by atoms with van der Waals surface area (Å²) in [6.45, 7) is 4.74. The van der Waals surface area contributed by atoms with Crippen LogP contribution >= 0.6 is 0 Å². The lowest BCUT2D eigenvalue weighted by Crippen LogP contribution is -1.93. The molecule has 1 nitrogen and oxygen atoms in total. The first kappa shape index (κ1) is 14.7. The molecule has 0 saturated carbocycles. The molecule has 1 unspecified atom stereocenters. The van der Waals surface area contributed by atoms with E-state index in [4.69, 9.17) is 5.11 Å². The number of aliphatic hydroxyl groups excluding tert-OH is 1. The molecule has 0 aromatic heterocycles. The standard InChI is InChI=1S/C14H28O/c1-3-4-5-6-7-8-11-14(2)12-9-10-13-15/h9-10,14-15H,3-8,11-13H2,1-2H3. The molecule has 0 aliphatic rings. The molecular weight excluding hydrogens is 184 g/mol. The third-order valence-electron chi connectivity index (χ3n) is 2.86. The Morgan fingerprint density at radius 3 is 2.33 bits per heavy atom. The zero-order chi connectivity index (χ0) is 11.4. The molecule has 1 atom stereocenters. The SMILES string of the molecule is CCCCCCCCC(C)CC=CCO. The Kier molecular flexibility index (Phi) is 11.5. The van der Waals surface area contributed by atoms with Crippen LogP contribution in [0.15, 0.2) is 12.2 Å². The monoisotopic (exact) mass is 212 g/mol. The zero-order valence-corrected chi connectivity index (χ0v) is 10.5. The van der Waals surface area contributed by atoms with Crippen LogP contribution in [0.3, 0.4) is 0 Å². The van der Waals surface area contributed by atoms with Crippen molar-refractivity contribution >= 4 is 0 Å². The second kappa shape index (κ2) is 11.8. The van der Waals surface area contributed by atoms with Gasteiger partial charge < -0.3 is 5.11 Å². The van der Waals surface area contributed by atoms with Crippen molar-refractivity contribution in [3.8, 4) is 0 Å². The highest BCUT2D eigenvalue weighted by atomic mass is 16.2. The first-order valence-corrected chi connectivity index (χ1v) is 6.57. The average Bonchev–Trinajstić information content (AvgIpc) is 2.23. The van der Waals surface area contributed by atoms with Crippen molar-refractivity contribution in [2.45, 2.75) is 65.2 Å². The number of hydrogen-bond donors (Lipinski definition) is 1. The van der Waals surface area contributed by atoms with E-state index in [0.29, 0.717) is 0 Å². The summed E-state index contributed by atoms with van der Waals surface area (Å²) in [5, 5.41) is 8.59. The Hall–Kier alpha value is -0.300. The van der Waals surface area contributed by atoms with Crippen LogP contribution in [-0.2, 0) is 0 Å². The Balaban J connectivity index is 3.16. The van der Waals surface area contributed by atoms with Crippen LogP contribution in [0.4, 0.5) is 0 Å². The van der Waals surface area contributed by atoms with Crippen molar-refractivity contribution in [2.75, 3.05) is 6.61 Å². The van der Waals surface area contributed by atoms with Gasteiger partial charge >= 0.3 is 0 Å². The smallest absolute Gasteiger partial charge is 0.0612 e. The molecule has 1 heteroatoms. The van der Waals surface area contributed by atoms with E-state index in [1.54, 1.807) is 0 Å². The van der Waals surface area contributed by atoms with Crippen LogP contribution in [0, 0.1) is 5.92 Å². The topological polar surface area (TPSA) is 20.2 Å². The van der Waals surface area contributed by atoms with Crippen molar-refractivity contribution in [2.24, 2.45) is 5.92 Å². The lowest BCUT2D eigenvalue weighted by molar-refractivity contribution is 0.342. The highest BCUT2D eigenvalue weighted by Gasteiger charge is 1.99. The van der Waals surface area contributed by atoms with Gasteiger partial charge in [-0.1, -0.05) is 70.9 Å². The Labute approximate surface area is 95.6 Å². The van der Waals surface area contributed by atoms with Crippen LogP contribution in [0.5, 0.6) is 0 Å². The summed E-state index contributed by atoms with van der Waals surface area (Å²) in [6.07, 6.45) is 14.7. The Bertz CT molecular complexity index is 140. The molecule has 0 bridgehead atoms. The van der Waals surface area contributed by atoms with Gasteiger partial charge in [0.05, 0.1) is 6.61 Å². The fraction of sp³-hybridized carbons (Fsp3) is 0.857. The molecule has 1 N–H and O–H groups in total. The summed E-state index contributed by atoms with van der Waals surface area (Å²) >= 11 is 0. The Morgan fingerprint density at radius 1 is 1.00 bits per heavy atom. The van der Waals surface area contributed by atoms with Crippen molar-refractivity contribution in [3.05, 3.63) is 12.2 Å². The second-order valence-electron chi connectivity index (χ2n) is 4.55. The number of hydrogen-bond acceptors (Lipinski definition) is 1. The van der Waals surface area contributed by atoms with Gasteiger partial charge in [0, 0.05) is 0 Å². The van der Waals surface area contributed by atoms with Crippen LogP contribution in [0.25, 0.3) is 0 Å². The van der Waals surface area contributed by atoms with E-state index in [1.165, 1.54) is 44.9 Å². The third kappa shape index (κ3) is 11.6. The number of unbranched alkanes of at least 4 members (excludes halogenated alkanes) is 5. The quantitative estimate of drug-likeness (QED) is 0.422. The lowest BCUT2D eigenvalue weighted by Gasteiger charge is -2.07. The van der Waals surface area contributed by atoms with Gasteiger partial charge in [-0.3, -0.25) is 0 Å². The summed E-state index contributed by atoms with van der Waals surface area (Å²) < 4.78 is 0. The van der Waals surface area contributed by atoms with Crippen molar-refractivity contribution in [1.82, 2.24) is 0 Å². The molecular formula is C14H28O. The first-order chi connectivity index (χ1) is 7.31. The van der Waals surface area contributed by atoms with Gasteiger partial charge in [-0.25, -0.2) is 0 Å². The van der Waals surface area contributed by atoms with Gasteiger partial charge in [0.1, 0.15) is 0 Å². The van der Waals surface area contributed by atoms with Crippen molar-refractivity contribution in [1.29, 1.82) is 0 Å². The van der Waals surface area contributed by atoms with Crippen LogP contribution in [0.1, 0.15) is 65.2 Å². The maximum absolute atomic E-state index is 8.59. The molecule has 15 heavy (non-hydrogen) atoms. The van der Waals surface area contributed by atoms with E-state index in [9.17, 15) is 0 Å². The largest absolute Gasteiger partial charge is 0.392 e. The minimum Gasteiger partial charge on any atom is -0.392 e. The van der Waals surface area contributed by atoms with Gasteiger partial charge in [-0.15, -0.1) is 0 Å². The molecule has 0 spiro atoms. The maximum atomic E-state index is 8.59. The van der Waals surface area contributed by atoms with E-state index in [-0.39, 0.29) is 6.61 Å². The molecule has 0 rings (SSSR count). The molecule has 0 aliphatic heterocycles. The predicted molar refractivity (Wildman–Crippen MR) is 68.0 cm³/mol. The van der Waals surface area contributed by atoms with Crippen LogP contribution in [-0.4, -0.2) is 11.7 Å². The van der Waals surface area contributed by atoms with E-state index in [1.807, 2.05) is 6.08 Å². The van der Waals surface area contributed by atoms with Gasteiger partial charge in [0.15, 0.2) is 0 Å². The summed E-state index contributed by atoms with van der Waals surface area (Å²) in [5.74, 6) is 0.777. The molecule has 0 aromatic rings. The fourth-order valence-corrected chi connectivity index (χ4v) is 1.79. The minimum atomic E-state index is 0.184. The number of aliphatic hydroxyl groups is 1. The zero-order valence-electron chi connectivity index (χ0n) is 10.5. The molecule has 0 aromatic carbocycles. The molecule has 0 aliphatic carbocycles. The summed E-state index contributed by atoms with van der Waals surface area (Å²) in [4.78, 5) is 0. The maximum Gasteiger partial charge on any atom is 0.0612 e. The molecule has 90 valence electrons. The normalized spacial score (nSPS) is 13.5. The first-order valence-electron chi connectivity index (χ1n) is 6.57. The predicted octanol–water partition coefficient (Wildman–Crippen LogP) is 4.31. The van der Waals surface area contributed by atoms with Gasteiger partial charge in [0.2, 0.25) is 0 Å². The van der Waals surface area contributed by atoms with Crippen molar-refractivity contribution in [3.63, 3.8) is 0 Å². The van der Waals surface area contributed by atoms with E-state index >= 15 is 0 Å². The highest BCUT2D eigenvalue weighted by molar-refractivity contribution is 4.82. The molecule has 0 heterocycles. The van der Waals surface area contributed by atoms with Gasteiger partial charge in [0.25, 0.3) is 0 Å². The average molecular weight is 212 g/mol. The molecule has 0 radical (unpaired) electrons. The molecule has 0 saturated heterocycles. The summed E-state index contributed by atoms with van der Waals surface area (Å²) in [5.41, 5.74) is 0. The summed E-state index contributed by atoms with van der Waals surface area (Å²) in [7, 11) is 0. The number of rotatable bonds is 10. The van der Waals surface area contributed by atoms with Crippen molar-refractivity contribution < 1.29 is 5.11 Å². The highest BCUT2D eigenvalue weighted by Crippen LogP contribution is 2.14. The van der Waals surface area contributed by atoms with Gasteiger partial charge in [-0.2, -0.15) is 0 Å². The third-order valence-corrected chi connectivity index (χ3v) is 2.86. The van der Waals surface area contributed by atoms with E-state index in [2.05, 4.69) is 19.9 Å². The molecule has 0 fully saturated rings. The summed E-state index contributed by atoms with van der Waals surface area (Å²) in [6, 6.07) is 0. The minimum absolute atomic E-state index is 0.184. The lowest BCUT2D eigenvalue weighted by atomic mass is 9.99. The van der Waals surface area contributed by atoms with E-state index in [0.717, 1.165) is 12.3 Å². The number of allylic oxidation sites excluding steroid dienone is 1. The second-order valence-corrected chi connectivity index (χ2v) is 4.55. The van der Waals surface area contributed by atoms with Crippen LogP contribution in [0.2, 0.25) is 0 Å².